The van der Waals surface area contributed by atoms with E-state index in [0.29, 0.717) is 43.3 Å². The van der Waals surface area contributed by atoms with Gasteiger partial charge in [-0.15, -0.1) is 11.3 Å². The Labute approximate surface area is 190 Å². The standard InChI is InChI=1S/C20H20F3N7O2S/c1-10-8-15(30-29-10)26-16-13-6-7-33-17(13)28-19(27-16)25-12-4-2-11(3-5-12)14(9-24)32-18(31)20(21,22)23/h6-8,11-12,14H,2-5H2,1H3,(H3,25,26,27,28,29,30). The van der Waals surface area contributed by atoms with E-state index in [9.17, 15) is 23.2 Å². The van der Waals surface area contributed by atoms with Crippen molar-refractivity contribution in [3.63, 3.8) is 0 Å². The fraction of sp³-hybridized carbons (Fsp3) is 0.450. The number of aromatic nitrogens is 4. The van der Waals surface area contributed by atoms with Gasteiger partial charge in [0.15, 0.2) is 11.9 Å². The van der Waals surface area contributed by atoms with Crippen molar-refractivity contribution >= 4 is 45.1 Å². The van der Waals surface area contributed by atoms with Gasteiger partial charge in [0.05, 0.1) is 5.39 Å². The number of hydrogen-bond donors (Lipinski definition) is 3. The molecule has 0 aliphatic heterocycles. The third kappa shape index (κ3) is 5.33. The highest BCUT2D eigenvalue weighted by Crippen LogP contribution is 2.33. The minimum atomic E-state index is -5.12. The van der Waals surface area contributed by atoms with E-state index in [4.69, 9.17) is 0 Å². The Morgan fingerprint density at radius 3 is 2.73 bits per heavy atom. The SMILES string of the molecule is Cc1cc(Nc2nc(NC3CCC(C(C#N)OC(=O)C(F)(F)F)CC3)nc3sccc23)n[nH]1. The van der Waals surface area contributed by atoms with Crippen molar-refractivity contribution in [1.82, 2.24) is 20.2 Å². The maximum atomic E-state index is 12.5. The molecule has 1 atom stereocenters. The molecule has 0 saturated heterocycles. The smallest absolute Gasteiger partial charge is 0.440 e. The molecule has 1 saturated carbocycles. The van der Waals surface area contributed by atoms with Crippen LogP contribution in [0.3, 0.4) is 0 Å². The predicted molar refractivity (Wildman–Crippen MR) is 115 cm³/mol. The first kappa shape index (κ1) is 22.8. The number of fused-ring (bicyclic) bond motifs is 1. The van der Waals surface area contributed by atoms with Crippen LogP contribution in [0.2, 0.25) is 0 Å². The zero-order valence-corrected chi connectivity index (χ0v) is 18.3. The second kappa shape index (κ2) is 9.22. The van der Waals surface area contributed by atoms with Crippen LogP contribution in [0.1, 0.15) is 31.4 Å². The second-order valence-electron chi connectivity index (χ2n) is 7.81. The molecule has 4 rings (SSSR count). The number of carbonyl (C=O) groups excluding carboxylic acids is 1. The minimum Gasteiger partial charge on any atom is -0.440 e. The number of carbonyl (C=O) groups is 1. The van der Waals surface area contributed by atoms with Crippen LogP contribution in [0.4, 0.5) is 30.8 Å². The van der Waals surface area contributed by atoms with E-state index in [2.05, 4.69) is 35.5 Å². The molecular formula is C20H20F3N7O2S. The number of esters is 1. The van der Waals surface area contributed by atoms with Crippen LogP contribution in [0, 0.1) is 24.2 Å². The van der Waals surface area contributed by atoms with Gasteiger partial charge in [-0.25, -0.2) is 9.78 Å². The normalized spacial score (nSPS) is 19.6. The molecule has 0 radical (unpaired) electrons. The summed E-state index contributed by atoms with van der Waals surface area (Å²) < 4.78 is 41.8. The largest absolute Gasteiger partial charge is 0.490 e. The predicted octanol–water partition coefficient (Wildman–Crippen LogP) is 4.43. The number of hydrogen-bond acceptors (Lipinski definition) is 9. The Balaban J connectivity index is 1.41. The molecule has 0 aromatic carbocycles. The summed E-state index contributed by atoms with van der Waals surface area (Å²) in [5, 5.41) is 25.5. The van der Waals surface area contributed by atoms with Gasteiger partial charge in [0, 0.05) is 23.7 Å². The van der Waals surface area contributed by atoms with Gasteiger partial charge in [-0.3, -0.25) is 5.10 Å². The number of nitrogens with one attached hydrogen (secondary N) is 3. The first-order chi connectivity index (χ1) is 15.7. The van der Waals surface area contributed by atoms with Crippen LogP contribution in [0.5, 0.6) is 0 Å². The van der Waals surface area contributed by atoms with Gasteiger partial charge >= 0.3 is 12.1 Å². The minimum absolute atomic E-state index is 0.0307. The molecule has 1 fully saturated rings. The van der Waals surface area contributed by atoms with Gasteiger partial charge in [-0.05, 0) is 44.1 Å². The summed E-state index contributed by atoms with van der Waals surface area (Å²) in [6, 6.07) is 5.43. The Kier molecular flexibility index (Phi) is 6.37. The number of thiophene rings is 1. The summed E-state index contributed by atoms with van der Waals surface area (Å²) in [4.78, 5) is 21.0. The number of alkyl halides is 3. The highest BCUT2D eigenvalue weighted by atomic mass is 32.1. The lowest BCUT2D eigenvalue weighted by Crippen LogP contribution is -2.36. The third-order valence-corrected chi connectivity index (χ3v) is 6.21. The molecule has 1 aliphatic rings. The van der Waals surface area contributed by atoms with Crippen LogP contribution in [-0.4, -0.2) is 44.5 Å². The van der Waals surface area contributed by atoms with E-state index >= 15 is 0 Å². The molecule has 174 valence electrons. The molecule has 0 bridgehead atoms. The fourth-order valence-corrected chi connectivity index (χ4v) is 4.54. The zero-order chi connectivity index (χ0) is 23.6. The fourth-order valence-electron chi connectivity index (χ4n) is 3.78. The summed E-state index contributed by atoms with van der Waals surface area (Å²) in [7, 11) is 0. The maximum Gasteiger partial charge on any atom is 0.490 e. The van der Waals surface area contributed by atoms with Crippen LogP contribution in [0.15, 0.2) is 17.5 Å². The molecule has 0 spiro atoms. The maximum absolute atomic E-state index is 12.5. The van der Waals surface area contributed by atoms with Crippen molar-refractivity contribution < 1.29 is 22.7 Å². The average molecular weight is 479 g/mol. The molecule has 3 aromatic rings. The first-order valence-electron chi connectivity index (χ1n) is 10.2. The van der Waals surface area contributed by atoms with Crippen molar-refractivity contribution in [1.29, 1.82) is 5.26 Å². The number of aryl methyl sites for hydroxylation is 1. The van der Waals surface area contributed by atoms with Crippen LogP contribution >= 0.6 is 11.3 Å². The van der Waals surface area contributed by atoms with E-state index in [1.165, 1.54) is 11.3 Å². The monoisotopic (exact) mass is 479 g/mol. The van der Waals surface area contributed by atoms with Crippen molar-refractivity contribution in [3.8, 4) is 6.07 Å². The highest BCUT2D eigenvalue weighted by molar-refractivity contribution is 7.16. The first-order valence-corrected chi connectivity index (χ1v) is 11.1. The van der Waals surface area contributed by atoms with Crippen molar-refractivity contribution in [2.24, 2.45) is 5.92 Å². The summed E-state index contributed by atoms with van der Waals surface area (Å²) in [5.74, 6) is -1.14. The Morgan fingerprint density at radius 1 is 1.33 bits per heavy atom. The van der Waals surface area contributed by atoms with Gasteiger partial charge < -0.3 is 15.4 Å². The number of nitriles is 1. The van der Waals surface area contributed by atoms with Gasteiger partial charge in [-0.2, -0.15) is 28.5 Å². The summed E-state index contributed by atoms with van der Waals surface area (Å²) in [6.45, 7) is 1.89. The Morgan fingerprint density at radius 2 is 2.09 bits per heavy atom. The lowest BCUT2D eigenvalue weighted by Gasteiger charge is -2.31. The molecule has 1 aliphatic carbocycles. The van der Waals surface area contributed by atoms with Gasteiger partial charge in [-0.1, -0.05) is 0 Å². The number of halogens is 3. The summed E-state index contributed by atoms with van der Waals surface area (Å²) >= 11 is 1.47. The number of rotatable bonds is 6. The molecule has 3 N–H and O–H groups in total. The number of aromatic amines is 1. The average Bonchev–Trinajstić information content (AvgIpc) is 3.40. The van der Waals surface area contributed by atoms with Crippen LogP contribution in [0.25, 0.3) is 10.2 Å². The van der Waals surface area contributed by atoms with Gasteiger partial charge in [0.2, 0.25) is 5.95 Å². The summed E-state index contributed by atoms with van der Waals surface area (Å²) in [5.41, 5.74) is 0.903. The molecule has 3 heterocycles. The van der Waals surface area contributed by atoms with Crippen molar-refractivity contribution in [2.75, 3.05) is 10.6 Å². The topological polar surface area (TPSA) is 129 Å². The quantitative estimate of drug-likeness (QED) is 0.443. The Bertz CT molecular complexity index is 1180. The van der Waals surface area contributed by atoms with Gasteiger partial charge in [0.25, 0.3) is 0 Å². The molecule has 0 amide bonds. The highest BCUT2D eigenvalue weighted by Gasteiger charge is 2.43. The lowest BCUT2D eigenvalue weighted by molar-refractivity contribution is -0.204. The lowest BCUT2D eigenvalue weighted by atomic mass is 9.83. The molecule has 13 heteroatoms. The summed E-state index contributed by atoms with van der Waals surface area (Å²) in [6.07, 6.45) is -4.54. The van der Waals surface area contributed by atoms with Crippen LogP contribution < -0.4 is 10.6 Å². The Hall–Kier alpha value is -3.40. The molecule has 3 aromatic heterocycles. The second-order valence-corrected chi connectivity index (χ2v) is 8.70. The van der Waals surface area contributed by atoms with E-state index in [0.717, 1.165) is 15.9 Å². The van der Waals surface area contributed by atoms with Crippen LogP contribution in [-0.2, 0) is 9.53 Å². The molecule has 9 nitrogen and oxygen atoms in total. The molecule has 33 heavy (non-hydrogen) atoms. The zero-order valence-electron chi connectivity index (χ0n) is 17.4. The van der Waals surface area contributed by atoms with Crippen molar-refractivity contribution in [3.05, 3.63) is 23.2 Å². The van der Waals surface area contributed by atoms with E-state index in [-0.39, 0.29) is 6.04 Å². The third-order valence-electron chi connectivity index (χ3n) is 5.40. The van der Waals surface area contributed by atoms with Crippen molar-refractivity contribution in [2.45, 2.75) is 50.9 Å². The number of nitrogens with zero attached hydrogens (tertiary/aromatic N) is 4. The number of ether oxygens (including phenoxy) is 1. The van der Waals surface area contributed by atoms with E-state index in [1.807, 2.05) is 24.4 Å². The molecular weight excluding hydrogens is 459 g/mol. The van der Waals surface area contributed by atoms with E-state index < -0.39 is 24.2 Å². The van der Waals surface area contributed by atoms with E-state index in [1.54, 1.807) is 6.07 Å². The number of H-pyrrole nitrogens is 1. The van der Waals surface area contributed by atoms with Gasteiger partial charge in [0.1, 0.15) is 16.7 Å². The number of anilines is 3. The molecule has 1 unspecified atom stereocenters.